The summed E-state index contributed by atoms with van der Waals surface area (Å²) in [4.78, 5) is 11.7. The number of hydrogen-bond donors (Lipinski definition) is 2. The van der Waals surface area contributed by atoms with Crippen molar-refractivity contribution < 1.29 is 9.90 Å². The van der Waals surface area contributed by atoms with Crippen molar-refractivity contribution >= 4 is 29.1 Å². The van der Waals surface area contributed by atoms with Crippen molar-refractivity contribution in [1.82, 2.24) is 5.32 Å². The lowest BCUT2D eigenvalue weighted by atomic mass is 10.0. The molecule has 1 amide bonds. The number of halogens is 2. The fourth-order valence-corrected chi connectivity index (χ4v) is 1.87. The first-order valence-corrected chi connectivity index (χ1v) is 6.53. The summed E-state index contributed by atoms with van der Waals surface area (Å²) >= 11 is 12.0. The quantitative estimate of drug-likeness (QED) is 0.876. The first-order valence-electron chi connectivity index (χ1n) is 5.77. The second kappa shape index (κ2) is 6.41. The van der Waals surface area contributed by atoms with E-state index < -0.39 is 5.60 Å². The molecule has 0 spiro atoms. The fraction of sp³-hybridized carbons (Fsp3) is 0.462. The zero-order valence-corrected chi connectivity index (χ0v) is 12.0. The van der Waals surface area contributed by atoms with Crippen LogP contribution < -0.4 is 5.32 Å². The fourth-order valence-electron chi connectivity index (χ4n) is 1.34. The van der Waals surface area contributed by atoms with Crippen LogP contribution in [0.1, 0.15) is 25.8 Å². The van der Waals surface area contributed by atoms with Crippen LogP contribution in [-0.4, -0.2) is 23.2 Å². The SMILES string of the molecule is CCC(C)(O)CNC(=O)Cc1c(Cl)cccc1Cl. The molecule has 0 saturated carbocycles. The predicted octanol–water partition coefficient (Wildman–Crippen LogP) is 2.81. The number of carbonyl (C=O) groups excluding carboxylic acids is 1. The van der Waals surface area contributed by atoms with Gasteiger partial charge < -0.3 is 10.4 Å². The van der Waals surface area contributed by atoms with Crippen molar-refractivity contribution in [3.8, 4) is 0 Å². The molecular weight excluding hydrogens is 273 g/mol. The van der Waals surface area contributed by atoms with E-state index in [-0.39, 0.29) is 18.9 Å². The van der Waals surface area contributed by atoms with E-state index in [1.807, 2.05) is 6.92 Å². The average Bonchev–Trinajstić information content (AvgIpc) is 2.32. The van der Waals surface area contributed by atoms with Gasteiger partial charge in [-0.3, -0.25) is 4.79 Å². The van der Waals surface area contributed by atoms with Crippen molar-refractivity contribution in [3.05, 3.63) is 33.8 Å². The minimum Gasteiger partial charge on any atom is -0.388 e. The van der Waals surface area contributed by atoms with Gasteiger partial charge in [0.05, 0.1) is 12.0 Å². The van der Waals surface area contributed by atoms with Gasteiger partial charge in [0.2, 0.25) is 5.91 Å². The van der Waals surface area contributed by atoms with Crippen molar-refractivity contribution in [2.75, 3.05) is 6.54 Å². The Morgan fingerprint density at radius 2 is 1.94 bits per heavy atom. The molecule has 0 aliphatic carbocycles. The Bertz CT molecular complexity index is 413. The summed E-state index contributed by atoms with van der Waals surface area (Å²) in [6.07, 6.45) is 0.679. The Kier molecular flexibility index (Phi) is 5.45. The monoisotopic (exact) mass is 289 g/mol. The molecular formula is C13H17Cl2NO2. The molecule has 0 heterocycles. The summed E-state index contributed by atoms with van der Waals surface area (Å²) < 4.78 is 0. The first-order chi connectivity index (χ1) is 8.35. The van der Waals surface area contributed by atoms with Crippen LogP contribution in [0, 0.1) is 0 Å². The third kappa shape index (κ3) is 4.48. The summed E-state index contributed by atoms with van der Waals surface area (Å²) in [6, 6.07) is 5.12. The van der Waals surface area contributed by atoms with Gasteiger partial charge in [0, 0.05) is 16.6 Å². The molecule has 1 aromatic rings. The number of carbonyl (C=O) groups is 1. The molecule has 0 saturated heterocycles. The number of hydrogen-bond acceptors (Lipinski definition) is 2. The van der Waals surface area contributed by atoms with Crippen molar-refractivity contribution in [1.29, 1.82) is 0 Å². The van der Waals surface area contributed by atoms with Crippen LogP contribution in [0.25, 0.3) is 0 Å². The smallest absolute Gasteiger partial charge is 0.224 e. The Labute approximate surface area is 117 Å². The molecule has 1 rings (SSSR count). The van der Waals surface area contributed by atoms with E-state index in [0.717, 1.165) is 0 Å². The minimum atomic E-state index is -0.889. The zero-order valence-electron chi connectivity index (χ0n) is 10.5. The highest BCUT2D eigenvalue weighted by Gasteiger charge is 2.19. The number of rotatable bonds is 5. The lowest BCUT2D eigenvalue weighted by molar-refractivity contribution is -0.121. The number of aliphatic hydroxyl groups is 1. The molecule has 5 heteroatoms. The normalized spacial score (nSPS) is 14.1. The molecule has 3 nitrogen and oxygen atoms in total. The van der Waals surface area contributed by atoms with Crippen molar-refractivity contribution in [2.45, 2.75) is 32.3 Å². The summed E-state index contributed by atoms with van der Waals surface area (Å²) in [5.74, 6) is -0.210. The third-order valence-electron chi connectivity index (χ3n) is 2.83. The standard InChI is InChI=1S/C13H17Cl2NO2/c1-3-13(2,18)8-16-12(17)7-9-10(14)5-4-6-11(9)15/h4-6,18H,3,7-8H2,1-2H3,(H,16,17). The van der Waals surface area contributed by atoms with E-state index in [9.17, 15) is 9.90 Å². The molecule has 18 heavy (non-hydrogen) atoms. The van der Waals surface area contributed by atoms with Gasteiger partial charge in [0.25, 0.3) is 0 Å². The molecule has 0 radical (unpaired) electrons. The number of nitrogens with one attached hydrogen (secondary N) is 1. The Morgan fingerprint density at radius 1 is 1.39 bits per heavy atom. The topological polar surface area (TPSA) is 49.3 Å². The summed E-state index contributed by atoms with van der Waals surface area (Å²) in [7, 11) is 0. The van der Waals surface area contributed by atoms with Crippen molar-refractivity contribution in [3.63, 3.8) is 0 Å². The highest BCUT2D eigenvalue weighted by Crippen LogP contribution is 2.24. The van der Waals surface area contributed by atoms with Gasteiger partial charge >= 0.3 is 0 Å². The molecule has 0 aromatic heterocycles. The summed E-state index contributed by atoms with van der Waals surface area (Å²) in [5.41, 5.74) is -0.283. The third-order valence-corrected chi connectivity index (χ3v) is 3.54. The van der Waals surface area contributed by atoms with Gasteiger partial charge in [0.15, 0.2) is 0 Å². The van der Waals surface area contributed by atoms with E-state index >= 15 is 0 Å². The lowest BCUT2D eigenvalue weighted by Crippen LogP contribution is -2.40. The Hall–Kier alpha value is -0.770. The molecule has 1 aromatic carbocycles. The van der Waals surface area contributed by atoms with Gasteiger partial charge in [-0.15, -0.1) is 0 Å². The maximum atomic E-state index is 11.7. The van der Waals surface area contributed by atoms with Crippen LogP contribution in [-0.2, 0) is 11.2 Å². The molecule has 100 valence electrons. The maximum absolute atomic E-state index is 11.7. The van der Waals surface area contributed by atoms with E-state index in [4.69, 9.17) is 23.2 Å². The first kappa shape index (κ1) is 15.3. The van der Waals surface area contributed by atoms with E-state index in [2.05, 4.69) is 5.32 Å². The Balaban J connectivity index is 2.61. The second-order valence-electron chi connectivity index (χ2n) is 4.50. The molecule has 1 unspecified atom stereocenters. The molecule has 0 bridgehead atoms. The van der Waals surface area contributed by atoms with E-state index in [1.54, 1.807) is 25.1 Å². The largest absolute Gasteiger partial charge is 0.388 e. The predicted molar refractivity (Wildman–Crippen MR) is 74.1 cm³/mol. The van der Waals surface area contributed by atoms with Crippen LogP contribution in [0.5, 0.6) is 0 Å². The zero-order chi connectivity index (χ0) is 13.8. The van der Waals surface area contributed by atoms with Gasteiger partial charge in [-0.05, 0) is 31.0 Å². The maximum Gasteiger partial charge on any atom is 0.224 e. The van der Waals surface area contributed by atoms with E-state index in [0.29, 0.717) is 22.0 Å². The lowest BCUT2D eigenvalue weighted by Gasteiger charge is -2.21. The highest BCUT2D eigenvalue weighted by molar-refractivity contribution is 6.36. The molecule has 0 aliphatic heterocycles. The van der Waals surface area contributed by atoms with Gasteiger partial charge in [-0.2, -0.15) is 0 Å². The van der Waals surface area contributed by atoms with Crippen LogP contribution in [0.3, 0.4) is 0 Å². The summed E-state index contributed by atoms with van der Waals surface area (Å²) in [6.45, 7) is 3.75. The molecule has 1 atom stereocenters. The van der Waals surface area contributed by atoms with Gasteiger partial charge in [-0.1, -0.05) is 36.2 Å². The molecule has 0 fully saturated rings. The number of amides is 1. The number of benzene rings is 1. The van der Waals surface area contributed by atoms with Crippen LogP contribution in [0.15, 0.2) is 18.2 Å². The van der Waals surface area contributed by atoms with Crippen molar-refractivity contribution in [2.24, 2.45) is 0 Å². The van der Waals surface area contributed by atoms with Crippen LogP contribution in [0.4, 0.5) is 0 Å². The van der Waals surface area contributed by atoms with Gasteiger partial charge in [0.1, 0.15) is 0 Å². The summed E-state index contributed by atoms with van der Waals surface area (Å²) in [5, 5.41) is 13.4. The Morgan fingerprint density at radius 3 is 2.44 bits per heavy atom. The molecule has 0 aliphatic rings. The average molecular weight is 290 g/mol. The van der Waals surface area contributed by atoms with Crippen LogP contribution >= 0.6 is 23.2 Å². The van der Waals surface area contributed by atoms with Crippen LogP contribution in [0.2, 0.25) is 10.0 Å². The van der Waals surface area contributed by atoms with Gasteiger partial charge in [-0.25, -0.2) is 0 Å². The highest BCUT2D eigenvalue weighted by atomic mass is 35.5. The van der Waals surface area contributed by atoms with E-state index in [1.165, 1.54) is 0 Å². The minimum absolute atomic E-state index is 0.109. The second-order valence-corrected chi connectivity index (χ2v) is 5.32. The molecule has 2 N–H and O–H groups in total.